The minimum Gasteiger partial charge on any atom is -0.453 e. The molecule has 144 valence electrons. The van der Waals surface area contributed by atoms with E-state index in [4.69, 9.17) is 0 Å². The monoisotopic (exact) mass is 413 g/mol. The molecule has 0 atom stereocenters. The van der Waals surface area contributed by atoms with E-state index in [9.17, 15) is 9.59 Å². The van der Waals surface area contributed by atoms with Gasteiger partial charge in [0.05, 0.1) is 12.7 Å². The number of carbonyl (C=O) groups excluding carboxylic acids is 2. The molecule has 0 saturated heterocycles. The summed E-state index contributed by atoms with van der Waals surface area (Å²) in [5.41, 5.74) is 2.03. The number of thioether (sulfide) groups is 1. The Kier molecular flexibility index (Phi) is 6.67. The second-order valence-corrected chi connectivity index (χ2v) is 7.87. The third-order valence-electron chi connectivity index (χ3n) is 3.73. The maximum atomic E-state index is 12.9. The van der Waals surface area contributed by atoms with Crippen LogP contribution in [0.25, 0.3) is 11.3 Å². The summed E-state index contributed by atoms with van der Waals surface area (Å²) in [4.78, 5) is 29.8. The number of ether oxygens (including phenoxy) is 1. The Morgan fingerprint density at radius 1 is 1.07 bits per heavy atom. The quantitative estimate of drug-likeness (QED) is 0.532. The van der Waals surface area contributed by atoms with E-state index in [1.807, 2.05) is 55.5 Å². The van der Waals surface area contributed by atoms with Crippen LogP contribution >= 0.6 is 23.1 Å². The highest BCUT2D eigenvalue weighted by molar-refractivity contribution is 7.99. The Morgan fingerprint density at radius 2 is 1.79 bits per heavy atom. The average molecular weight is 414 g/mol. The number of benzene rings is 2. The van der Waals surface area contributed by atoms with E-state index in [1.54, 1.807) is 17.8 Å². The lowest BCUT2D eigenvalue weighted by Crippen LogP contribution is -2.12. The van der Waals surface area contributed by atoms with Gasteiger partial charge in [0, 0.05) is 10.5 Å². The molecular weight excluding hydrogens is 394 g/mol. The fraction of sp³-hybridized carbons (Fsp3) is 0.150. The van der Waals surface area contributed by atoms with Crippen LogP contribution in [0.4, 0.5) is 14.9 Å². The molecule has 0 saturated carbocycles. The molecule has 1 aromatic heterocycles. The first-order valence-electron chi connectivity index (χ1n) is 8.56. The lowest BCUT2D eigenvalue weighted by Gasteiger charge is -2.09. The van der Waals surface area contributed by atoms with Gasteiger partial charge in [-0.2, -0.15) is 0 Å². The molecule has 0 spiro atoms. The normalized spacial score (nSPS) is 10.4. The summed E-state index contributed by atoms with van der Waals surface area (Å²) in [7, 11) is 1.28. The molecule has 0 aliphatic carbocycles. The summed E-state index contributed by atoms with van der Waals surface area (Å²) in [6.45, 7) is 2.04. The Hall–Kier alpha value is -2.84. The van der Waals surface area contributed by atoms with Gasteiger partial charge in [-0.1, -0.05) is 60.7 Å². The van der Waals surface area contributed by atoms with E-state index in [0.717, 1.165) is 16.2 Å². The van der Waals surface area contributed by atoms with Crippen molar-refractivity contribution < 1.29 is 14.3 Å². The third-order valence-corrected chi connectivity index (χ3v) is 5.57. The van der Waals surface area contributed by atoms with Crippen LogP contribution in [0.15, 0.2) is 59.5 Å². The molecule has 2 aromatic carbocycles. The van der Waals surface area contributed by atoms with E-state index in [-0.39, 0.29) is 5.91 Å². The van der Waals surface area contributed by atoms with Crippen molar-refractivity contribution >= 4 is 45.2 Å². The molecule has 0 unspecified atom stereocenters. The zero-order valence-electron chi connectivity index (χ0n) is 15.4. The van der Waals surface area contributed by atoms with Crippen molar-refractivity contribution in [2.24, 2.45) is 0 Å². The first kappa shape index (κ1) is 19.9. The first-order chi connectivity index (χ1) is 13.6. The van der Waals surface area contributed by atoms with E-state index in [1.165, 1.54) is 18.4 Å². The molecular formula is C20H19N3O3S2. The number of hydrogen-bond donors (Lipinski definition) is 2. The number of hydrogen-bond acceptors (Lipinski definition) is 6. The molecule has 0 aliphatic heterocycles. The van der Waals surface area contributed by atoms with Crippen molar-refractivity contribution in [3.63, 3.8) is 0 Å². The number of anilines is 2. The predicted molar refractivity (Wildman–Crippen MR) is 114 cm³/mol. The summed E-state index contributed by atoms with van der Waals surface area (Å²) in [6.07, 6.45) is -0.615. The van der Waals surface area contributed by atoms with Crippen LogP contribution < -0.4 is 10.6 Å². The third kappa shape index (κ3) is 4.71. The summed E-state index contributed by atoms with van der Waals surface area (Å²) in [5.74, 6) is 0.648. The Labute approximate surface area is 171 Å². The number of amides is 2. The van der Waals surface area contributed by atoms with Gasteiger partial charge in [-0.3, -0.25) is 10.1 Å². The summed E-state index contributed by atoms with van der Waals surface area (Å²) in [6, 6.07) is 16.9. The molecule has 0 fully saturated rings. The highest BCUT2D eigenvalue weighted by Crippen LogP contribution is 2.36. The molecule has 0 aliphatic rings. The molecule has 6 nitrogen and oxygen atoms in total. The van der Waals surface area contributed by atoms with Crippen LogP contribution in [0.3, 0.4) is 0 Å². The van der Waals surface area contributed by atoms with E-state index in [0.29, 0.717) is 21.4 Å². The van der Waals surface area contributed by atoms with Crippen molar-refractivity contribution in [3.05, 3.63) is 60.2 Å². The Balaban J connectivity index is 1.94. The molecule has 3 rings (SSSR count). The second kappa shape index (κ2) is 9.38. The summed E-state index contributed by atoms with van der Waals surface area (Å²) < 4.78 is 4.63. The van der Waals surface area contributed by atoms with Crippen molar-refractivity contribution in [1.29, 1.82) is 0 Å². The molecule has 0 bridgehead atoms. The number of thiazole rings is 1. The molecule has 2 amide bonds. The number of nitrogens with zero attached hydrogens (tertiary/aromatic N) is 1. The van der Waals surface area contributed by atoms with Crippen LogP contribution in [0.2, 0.25) is 0 Å². The van der Waals surface area contributed by atoms with Crippen LogP contribution in [0.1, 0.15) is 17.3 Å². The molecule has 2 N–H and O–H groups in total. The number of nitrogens with one attached hydrogen (secondary N) is 2. The van der Waals surface area contributed by atoms with Gasteiger partial charge in [-0.15, -0.1) is 11.8 Å². The van der Waals surface area contributed by atoms with E-state index in [2.05, 4.69) is 20.4 Å². The number of carbonyl (C=O) groups is 2. The van der Waals surface area contributed by atoms with Gasteiger partial charge in [-0.25, -0.2) is 9.78 Å². The summed E-state index contributed by atoms with van der Waals surface area (Å²) in [5, 5.41) is 6.40. The number of rotatable bonds is 6. The minimum atomic E-state index is -0.615. The first-order valence-corrected chi connectivity index (χ1v) is 10.4. The van der Waals surface area contributed by atoms with Gasteiger partial charge in [0.1, 0.15) is 10.7 Å². The maximum absolute atomic E-state index is 12.9. The van der Waals surface area contributed by atoms with Gasteiger partial charge in [0.15, 0.2) is 5.13 Å². The molecule has 0 radical (unpaired) electrons. The molecule has 28 heavy (non-hydrogen) atoms. The van der Waals surface area contributed by atoms with Crippen molar-refractivity contribution in [2.45, 2.75) is 11.8 Å². The lowest BCUT2D eigenvalue weighted by atomic mass is 10.1. The minimum absolute atomic E-state index is 0.220. The smallest absolute Gasteiger partial charge is 0.413 e. The highest BCUT2D eigenvalue weighted by Gasteiger charge is 2.19. The Bertz CT molecular complexity index is 974. The van der Waals surface area contributed by atoms with Crippen molar-refractivity contribution in [3.8, 4) is 11.3 Å². The fourth-order valence-corrected chi connectivity index (χ4v) is 4.16. The SMILES string of the molecule is CCSc1ccccc1C(=O)Nc1sc(NC(=O)OC)nc1-c1ccccc1. The van der Waals surface area contributed by atoms with Crippen LogP contribution in [-0.4, -0.2) is 29.8 Å². The molecule has 1 heterocycles. The van der Waals surface area contributed by atoms with Gasteiger partial charge >= 0.3 is 6.09 Å². The average Bonchev–Trinajstić information content (AvgIpc) is 3.11. The van der Waals surface area contributed by atoms with Gasteiger partial charge in [0.25, 0.3) is 5.91 Å². The topological polar surface area (TPSA) is 80.3 Å². The van der Waals surface area contributed by atoms with Crippen molar-refractivity contribution in [1.82, 2.24) is 4.98 Å². The van der Waals surface area contributed by atoms with Gasteiger partial charge < -0.3 is 10.1 Å². The van der Waals surface area contributed by atoms with E-state index < -0.39 is 6.09 Å². The van der Waals surface area contributed by atoms with Gasteiger partial charge in [0.2, 0.25) is 0 Å². The van der Waals surface area contributed by atoms with Gasteiger partial charge in [-0.05, 0) is 17.9 Å². The Morgan fingerprint density at radius 3 is 2.50 bits per heavy atom. The van der Waals surface area contributed by atoms with Crippen LogP contribution in [0.5, 0.6) is 0 Å². The number of methoxy groups -OCH3 is 1. The number of aromatic nitrogens is 1. The maximum Gasteiger partial charge on any atom is 0.413 e. The molecule has 3 aromatic rings. The van der Waals surface area contributed by atoms with Crippen molar-refractivity contribution in [2.75, 3.05) is 23.5 Å². The largest absolute Gasteiger partial charge is 0.453 e. The second-order valence-electron chi connectivity index (χ2n) is 5.56. The highest BCUT2D eigenvalue weighted by atomic mass is 32.2. The molecule has 8 heteroatoms. The standard InChI is InChI=1S/C20H19N3O3S2/c1-3-27-15-12-8-7-11-14(15)17(24)22-18-16(13-9-5-4-6-10-13)21-19(28-18)23-20(25)26-2/h4-12H,3H2,1-2H3,(H,22,24)(H,21,23,25). The van der Waals surface area contributed by atoms with Crippen LogP contribution in [0, 0.1) is 0 Å². The van der Waals surface area contributed by atoms with Crippen LogP contribution in [-0.2, 0) is 4.74 Å². The fourth-order valence-electron chi connectivity index (χ4n) is 2.49. The zero-order valence-corrected chi connectivity index (χ0v) is 17.0. The lowest BCUT2D eigenvalue weighted by molar-refractivity contribution is 0.102. The predicted octanol–water partition coefficient (Wildman–Crippen LogP) is 5.35. The summed E-state index contributed by atoms with van der Waals surface area (Å²) >= 11 is 2.79. The zero-order chi connectivity index (χ0) is 19.9. The van der Waals surface area contributed by atoms with E-state index >= 15 is 0 Å².